The van der Waals surface area contributed by atoms with Gasteiger partial charge in [0.2, 0.25) is 0 Å². The molecule has 1 unspecified atom stereocenters. The molecular weight excluding hydrogens is 418 g/mol. The first-order valence-corrected chi connectivity index (χ1v) is 13.7. The van der Waals surface area contributed by atoms with Crippen molar-refractivity contribution in [1.29, 1.82) is 0 Å². The number of alkyl halides is 1. The lowest BCUT2D eigenvalue weighted by atomic mass is 10.2. The molecule has 0 spiro atoms. The van der Waals surface area contributed by atoms with Gasteiger partial charge in [0.15, 0.2) is 0 Å². The fourth-order valence-corrected chi connectivity index (χ4v) is 10.1. The van der Waals surface area contributed by atoms with Gasteiger partial charge in [0.05, 0.1) is 31.3 Å². The second-order valence-corrected chi connectivity index (χ2v) is 12.8. The van der Waals surface area contributed by atoms with Gasteiger partial charge in [0.25, 0.3) is 0 Å². The van der Waals surface area contributed by atoms with E-state index in [0.29, 0.717) is 0 Å². The van der Waals surface area contributed by atoms with Crippen molar-refractivity contribution in [2.45, 2.75) is 64.1 Å². The Morgan fingerprint density at radius 2 is 1.14 bits per heavy atom. The van der Waals surface area contributed by atoms with Gasteiger partial charge >= 0.3 is 4.80 Å². The summed E-state index contributed by atoms with van der Waals surface area (Å²) in [6.45, 7) is 6.85. The van der Waals surface area contributed by atoms with Crippen LogP contribution in [0.4, 0.5) is 0 Å². The van der Waals surface area contributed by atoms with Crippen molar-refractivity contribution >= 4 is 18.9 Å². The summed E-state index contributed by atoms with van der Waals surface area (Å²) in [5.74, 6) is 0.871. The third-order valence-electron chi connectivity index (χ3n) is 5.56. The normalized spacial score (nSPS) is 13.4. The Hall–Kier alpha value is -0.750. The Bertz CT molecular complexity index is 643. The number of hydrogen-bond acceptors (Lipinski definition) is 1. The van der Waals surface area contributed by atoms with Crippen LogP contribution in [0.25, 0.3) is 0 Å². The van der Waals surface area contributed by atoms with Crippen LogP contribution in [-0.4, -0.2) is 18.5 Å². The smallest absolute Gasteiger partial charge is 0.316 e. The Balaban J connectivity index is 0.00000420. The van der Waals surface area contributed by atoms with Crippen LogP contribution in [0.1, 0.15) is 64.9 Å². The molecule has 2 aromatic carbocycles. The van der Waals surface area contributed by atoms with Crippen molar-refractivity contribution < 1.29 is 17.1 Å². The third kappa shape index (κ3) is 6.88. The van der Waals surface area contributed by atoms with E-state index in [9.17, 15) is 0 Å². The van der Waals surface area contributed by atoms with Crippen molar-refractivity contribution in [3.8, 4) is 5.75 Å². The number of para-hydroxylation sites is 1. The van der Waals surface area contributed by atoms with Crippen LogP contribution < -0.4 is 17.1 Å². The summed E-state index contributed by atoms with van der Waals surface area (Å²) in [6, 6.07) is 20.7. The van der Waals surface area contributed by atoms with Gasteiger partial charge in [-0.3, -0.25) is 0 Å². The molecule has 0 saturated heterocycles. The highest BCUT2D eigenvalue weighted by atomic mass is 35.5. The quantitative estimate of drug-likeness (QED) is 0.285. The van der Waals surface area contributed by atoms with Gasteiger partial charge in [0.1, 0.15) is 5.75 Å². The maximum Gasteiger partial charge on any atom is 0.316 e. The van der Waals surface area contributed by atoms with Gasteiger partial charge in [-0.15, -0.1) is 0 Å². The average Bonchev–Trinajstić information content (AvgIpc) is 2.74. The minimum atomic E-state index is -1.61. The molecule has 0 amide bonds. The SMILES string of the molecule is CCCC[P+](CCCC)(CCCC)C(Cl)(Oc1ccccc1)c1ccccc1.[Cl-]. The standard InChI is InChI=1S/C25H37ClOP.ClH/c1-4-7-20-28(21-8-5-2,22-9-6-3)25(26,23-16-12-10-13-17-23)27-24-18-14-11-15-19-24;/h10-19H,4-9,20-22H2,1-3H3;1H/q+1;/p-1. The molecule has 0 radical (unpaired) electrons. The summed E-state index contributed by atoms with van der Waals surface area (Å²) in [5, 5.41) is 0. The first-order valence-electron chi connectivity index (χ1n) is 11.0. The van der Waals surface area contributed by atoms with E-state index in [4.69, 9.17) is 16.3 Å². The number of unbranched alkanes of at least 4 members (excludes halogenated alkanes) is 3. The zero-order valence-electron chi connectivity index (χ0n) is 18.2. The maximum absolute atomic E-state index is 7.66. The van der Waals surface area contributed by atoms with E-state index < -0.39 is 12.1 Å². The molecule has 0 aliphatic heterocycles. The minimum Gasteiger partial charge on any atom is -1.00 e. The summed E-state index contributed by atoms with van der Waals surface area (Å²) in [5.41, 5.74) is 1.12. The van der Waals surface area contributed by atoms with E-state index in [1.54, 1.807) is 0 Å². The predicted molar refractivity (Wildman–Crippen MR) is 127 cm³/mol. The Labute approximate surface area is 190 Å². The van der Waals surface area contributed by atoms with Crippen LogP contribution >= 0.6 is 18.9 Å². The molecule has 162 valence electrons. The van der Waals surface area contributed by atoms with Crippen LogP contribution in [-0.2, 0) is 4.80 Å². The Morgan fingerprint density at radius 1 is 0.724 bits per heavy atom. The Morgan fingerprint density at radius 3 is 1.55 bits per heavy atom. The van der Waals surface area contributed by atoms with Gasteiger partial charge in [-0.2, -0.15) is 0 Å². The van der Waals surface area contributed by atoms with Crippen LogP contribution in [0.5, 0.6) is 5.75 Å². The average molecular weight is 455 g/mol. The second kappa shape index (κ2) is 13.5. The monoisotopic (exact) mass is 454 g/mol. The highest BCUT2D eigenvalue weighted by molar-refractivity contribution is 7.78. The first kappa shape index (κ1) is 26.3. The molecule has 2 rings (SSSR count). The van der Waals surface area contributed by atoms with Gasteiger partial charge in [-0.1, -0.05) is 76.4 Å². The highest BCUT2D eigenvalue weighted by Crippen LogP contribution is 2.76. The van der Waals surface area contributed by atoms with E-state index in [-0.39, 0.29) is 12.4 Å². The number of rotatable bonds is 13. The molecular formula is C25H37Cl2OP. The lowest BCUT2D eigenvalue weighted by Crippen LogP contribution is -3.00. The Kier molecular flexibility index (Phi) is 12.3. The zero-order valence-corrected chi connectivity index (χ0v) is 20.7. The lowest BCUT2D eigenvalue weighted by molar-refractivity contribution is -0.00000645. The van der Waals surface area contributed by atoms with Crippen LogP contribution in [0.15, 0.2) is 60.7 Å². The van der Waals surface area contributed by atoms with Crippen molar-refractivity contribution in [3.05, 3.63) is 66.2 Å². The number of benzene rings is 2. The van der Waals surface area contributed by atoms with E-state index >= 15 is 0 Å². The summed E-state index contributed by atoms with van der Waals surface area (Å²) in [4.78, 5) is -0.755. The molecule has 29 heavy (non-hydrogen) atoms. The van der Waals surface area contributed by atoms with E-state index in [1.807, 2.05) is 30.3 Å². The molecule has 2 aromatic rings. The molecule has 0 saturated carbocycles. The minimum absolute atomic E-state index is 0. The summed E-state index contributed by atoms with van der Waals surface area (Å²) in [6.07, 6.45) is 10.9. The number of hydrogen-bond donors (Lipinski definition) is 0. The number of halogens is 2. The highest BCUT2D eigenvalue weighted by Gasteiger charge is 2.59. The van der Waals surface area contributed by atoms with Gasteiger partial charge < -0.3 is 17.1 Å². The van der Waals surface area contributed by atoms with Gasteiger partial charge in [-0.25, -0.2) is 0 Å². The molecule has 0 aliphatic carbocycles. The maximum atomic E-state index is 7.66. The summed E-state index contributed by atoms with van der Waals surface area (Å²) in [7, 11) is -1.61. The van der Waals surface area contributed by atoms with Gasteiger partial charge in [-0.05, 0) is 55.1 Å². The molecule has 0 aromatic heterocycles. The molecule has 0 heterocycles. The molecule has 0 aliphatic rings. The fourth-order valence-electron chi connectivity index (χ4n) is 3.87. The van der Waals surface area contributed by atoms with Crippen LogP contribution in [0.3, 0.4) is 0 Å². The molecule has 0 bridgehead atoms. The molecule has 1 nitrogen and oxygen atoms in total. The molecule has 1 atom stereocenters. The second-order valence-electron chi connectivity index (χ2n) is 7.72. The van der Waals surface area contributed by atoms with Crippen LogP contribution in [0, 0.1) is 0 Å². The van der Waals surface area contributed by atoms with Crippen molar-refractivity contribution in [2.24, 2.45) is 0 Å². The van der Waals surface area contributed by atoms with Crippen molar-refractivity contribution in [2.75, 3.05) is 18.5 Å². The first-order chi connectivity index (χ1) is 13.6. The topological polar surface area (TPSA) is 9.23 Å². The van der Waals surface area contributed by atoms with E-state index in [2.05, 4.69) is 51.1 Å². The lowest BCUT2D eigenvalue weighted by Gasteiger charge is -2.41. The molecule has 4 heteroatoms. The fraction of sp³-hybridized carbons (Fsp3) is 0.520. The van der Waals surface area contributed by atoms with E-state index in [1.165, 1.54) is 57.0 Å². The number of ether oxygens (including phenoxy) is 1. The zero-order chi connectivity index (χ0) is 20.3. The van der Waals surface area contributed by atoms with Gasteiger partial charge in [0, 0.05) is 0 Å². The summed E-state index contributed by atoms with van der Waals surface area (Å²) < 4.78 is 6.76. The third-order valence-corrected chi connectivity index (χ3v) is 12.0. The molecule has 0 fully saturated rings. The largest absolute Gasteiger partial charge is 1.00 e. The summed E-state index contributed by atoms with van der Waals surface area (Å²) >= 11 is 7.66. The van der Waals surface area contributed by atoms with Crippen molar-refractivity contribution in [1.82, 2.24) is 0 Å². The molecule has 0 N–H and O–H groups in total. The van der Waals surface area contributed by atoms with Crippen molar-refractivity contribution in [3.63, 3.8) is 0 Å². The van der Waals surface area contributed by atoms with E-state index in [0.717, 1.165) is 11.3 Å². The predicted octanol–water partition coefficient (Wildman–Crippen LogP) is 5.54. The van der Waals surface area contributed by atoms with Crippen LogP contribution in [0.2, 0.25) is 0 Å².